The molecule has 11 heteroatoms. The number of hydrogen-bond donors (Lipinski definition) is 0. The van der Waals surface area contributed by atoms with E-state index in [0.29, 0.717) is 6.42 Å². The van der Waals surface area contributed by atoms with E-state index < -0.39 is 59.3 Å². The van der Waals surface area contributed by atoms with Crippen molar-refractivity contribution < 1.29 is 49.0 Å². The van der Waals surface area contributed by atoms with Crippen LogP contribution >= 0.6 is 0 Å². The molecule has 0 radical (unpaired) electrons. The molecular formula is C25H29F9O2. The van der Waals surface area contributed by atoms with E-state index in [2.05, 4.69) is 11.7 Å². The third kappa shape index (κ3) is 7.10. The van der Waals surface area contributed by atoms with Crippen molar-refractivity contribution in [1.82, 2.24) is 0 Å². The summed E-state index contributed by atoms with van der Waals surface area (Å²) < 4.78 is 133. The summed E-state index contributed by atoms with van der Waals surface area (Å²) in [5, 5.41) is 0. The van der Waals surface area contributed by atoms with Gasteiger partial charge < -0.3 is 9.47 Å². The van der Waals surface area contributed by atoms with Gasteiger partial charge in [0.2, 0.25) is 0 Å². The largest absolute Gasteiger partial charge is 0.432 e. The molecule has 0 saturated heterocycles. The Kier molecular flexibility index (Phi) is 8.94. The van der Waals surface area contributed by atoms with Gasteiger partial charge in [-0.05, 0) is 57.8 Å². The van der Waals surface area contributed by atoms with Gasteiger partial charge in [0.15, 0.2) is 0 Å². The van der Waals surface area contributed by atoms with E-state index in [1.165, 1.54) is 5.57 Å². The van der Waals surface area contributed by atoms with Gasteiger partial charge in [0.25, 0.3) is 0 Å². The monoisotopic (exact) mass is 532 g/mol. The highest BCUT2D eigenvalue weighted by atomic mass is 19.4. The fraction of sp³-hybridized carbons (Fsp3) is 0.680. The van der Waals surface area contributed by atoms with Crippen LogP contribution in [0.25, 0.3) is 0 Å². The number of halogens is 9. The Balaban J connectivity index is 1.54. The average Bonchev–Trinajstić information content (AvgIpc) is 2.76. The predicted octanol–water partition coefficient (Wildman–Crippen LogP) is 9.04. The fourth-order valence-electron chi connectivity index (χ4n) is 4.78. The van der Waals surface area contributed by atoms with Gasteiger partial charge in [-0.1, -0.05) is 25.0 Å². The molecular weight excluding hydrogens is 503 g/mol. The third-order valence-corrected chi connectivity index (χ3v) is 6.86. The highest BCUT2D eigenvalue weighted by molar-refractivity contribution is 5.32. The number of ether oxygens (including phenoxy) is 2. The van der Waals surface area contributed by atoms with Crippen LogP contribution in [0.5, 0.6) is 5.75 Å². The Morgan fingerprint density at radius 2 is 1.44 bits per heavy atom. The van der Waals surface area contributed by atoms with Crippen molar-refractivity contribution >= 4 is 0 Å². The maximum atomic E-state index is 14.7. The third-order valence-electron chi connectivity index (χ3n) is 6.86. The van der Waals surface area contributed by atoms with Crippen LogP contribution in [-0.2, 0) is 10.9 Å². The molecule has 2 nitrogen and oxygen atoms in total. The van der Waals surface area contributed by atoms with E-state index in [-0.39, 0.29) is 50.7 Å². The van der Waals surface area contributed by atoms with E-state index in [0.717, 1.165) is 19.3 Å². The van der Waals surface area contributed by atoms with Crippen molar-refractivity contribution in [2.75, 3.05) is 0 Å². The minimum Gasteiger partial charge on any atom is -0.432 e. The van der Waals surface area contributed by atoms with Gasteiger partial charge in [0.1, 0.15) is 22.9 Å². The van der Waals surface area contributed by atoms with Crippen LogP contribution in [0.15, 0.2) is 23.8 Å². The number of allylic oxidation sites excluding steroid dienone is 2. The van der Waals surface area contributed by atoms with Gasteiger partial charge >= 0.3 is 18.4 Å². The van der Waals surface area contributed by atoms with E-state index >= 15 is 0 Å². The molecule has 1 unspecified atom stereocenters. The second kappa shape index (κ2) is 11.2. The van der Waals surface area contributed by atoms with Crippen LogP contribution in [0.1, 0.15) is 76.7 Å². The summed E-state index contributed by atoms with van der Waals surface area (Å²) in [6.07, 6.45) is -8.65. The molecule has 0 N–H and O–H groups in total. The summed E-state index contributed by atoms with van der Waals surface area (Å²) in [5.41, 5.74) is -1.04. The van der Waals surface area contributed by atoms with Crippen LogP contribution in [0.2, 0.25) is 0 Å². The molecule has 0 aliphatic heterocycles. The maximum absolute atomic E-state index is 14.7. The average molecular weight is 532 g/mol. The molecule has 0 heterocycles. The summed E-state index contributed by atoms with van der Waals surface area (Å²) in [7, 11) is 0. The zero-order chi connectivity index (χ0) is 26.7. The molecule has 1 fully saturated rings. The van der Waals surface area contributed by atoms with Crippen LogP contribution < -0.4 is 4.74 Å². The molecule has 204 valence electrons. The highest BCUT2D eigenvalue weighted by Gasteiger charge is 2.48. The lowest BCUT2D eigenvalue weighted by atomic mass is 9.85. The minimum atomic E-state index is -5.35. The standard InChI is InChI=1S/C25H29F9O2/c1-2-3-4-15-5-7-16(8-6-15)24(31,32)35-18-11-9-17(10-12-18)25(33,34)36-19-13-20(26)22(21(27)14-19)23(28,29)30/h5,13-14,16-18H,2-4,6-12H2,1H3. The molecule has 0 spiro atoms. The smallest absolute Gasteiger partial charge is 0.422 e. The topological polar surface area (TPSA) is 18.5 Å². The molecule has 36 heavy (non-hydrogen) atoms. The summed E-state index contributed by atoms with van der Waals surface area (Å²) in [4.78, 5) is 0. The summed E-state index contributed by atoms with van der Waals surface area (Å²) in [6, 6.07) is 0.0861. The number of rotatable bonds is 9. The molecule has 0 bridgehead atoms. The Hall–Kier alpha value is -1.91. The van der Waals surface area contributed by atoms with Gasteiger partial charge in [-0.15, -0.1) is 0 Å². The lowest BCUT2D eigenvalue weighted by Gasteiger charge is -2.36. The normalized spacial score (nSPS) is 23.9. The first-order valence-electron chi connectivity index (χ1n) is 12.1. The molecule has 1 aromatic carbocycles. The summed E-state index contributed by atoms with van der Waals surface area (Å²) in [5.74, 6) is -7.74. The van der Waals surface area contributed by atoms with Crippen LogP contribution in [0.4, 0.5) is 39.5 Å². The number of unbranched alkanes of at least 4 members (excludes halogenated alkanes) is 1. The predicted molar refractivity (Wildman–Crippen MR) is 114 cm³/mol. The first-order chi connectivity index (χ1) is 16.7. The Morgan fingerprint density at radius 1 is 0.833 bits per heavy atom. The minimum absolute atomic E-state index is 0.0430. The summed E-state index contributed by atoms with van der Waals surface area (Å²) in [6.45, 7) is 2.05. The van der Waals surface area contributed by atoms with Gasteiger partial charge in [0, 0.05) is 12.1 Å². The lowest BCUT2D eigenvalue weighted by Crippen LogP contribution is -2.41. The van der Waals surface area contributed by atoms with Crippen LogP contribution in [-0.4, -0.2) is 18.3 Å². The molecule has 1 saturated carbocycles. The highest BCUT2D eigenvalue weighted by Crippen LogP contribution is 2.44. The van der Waals surface area contributed by atoms with Gasteiger partial charge in [-0.3, -0.25) is 0 Å². The van der Waals surface area contributed by atoms with E-state index in [1.807, 2.05) is 6.08 Å². The van der Waals surface area contributed by atoms with E-state index in [1.54, 1.807) is 0 Å². The quantitative estimate of drug-likeness (QED) is 0.233. The Morgan fingerprint density at radius 3 is 1.94 bits per heavy atom. The van der Waals surface area contributed by atoms with Gasteiger partial charge in [-0.2, -0.15) is 30.7 Å². The number of benzene rings is 1. The SMILES string of the molecule is CCCCC1=CCC(C(F)(F)OC2CCC(C(F)(F)Oc3cc(F)c(C(F)(F)F)c(F)c3)CC2)CC1. The van der Waals surface area contributed by atoms with E-state index in [4.69, 9.17) is 4.74 Å². The molecule has 1 aromatic rings. The van der Waals surface area contributed by atoms with Crippen molar-refractivity contribution in [2.45, 2.75) is 95.6 Å². The number of hydrogen-bond acceptors (Lipinski definition) is 2. The molecule has 0 amide bonds. The fourth-order valence-corrected chi connectivity index (χ4v) is 4.78. The van der Waals surface area contributed by atoms with Crippen LogP contribution in [0, 0.1) is 23.5 Å². The summed E-state index contributed by atoms with van der Waals surface area (Å²) >= 11 is 0. The molecule has 1 atom stereocenters. The molecule has 2 aliphatic carbocycles. The lowest BCUT2D eigenvalue weighted by molar-refractivity contribution is -0.302. The first-order valence-corrected chi connectivity index (χ1v) is 12.1. The van der Waals surface area contributed by atoms with Crippen molar-refractivity contribution in [2.24, 2.45) is 11.8 Å². The molecule has 2 aliphatic rings. The maximum Gasteiger partial charge on any atom is 0.422 e. The van der Waals surface area contributed by atoms with Crippen molar-refractivity contribution in [3.05, 3.63) is 41.0 Å². The van der Waals surface area contributed by atoms with Crippen molar-refractivity contribution in [3.8, 4) is 5.75 Å². The van der Waals surface area contributed by atoms with Gasteiger partial charge in [-0.25, -0.2) is 8.78 Å². The number of alkyl halides is 7. The molecule has 3 rings (SSSR count). The van der Waals surface area contributed by atoms with E-state index in [9.17, 15) is 39.5 Å². The van der Waals surface area contributed by atoms with Crippen LogP contribution in [0.3, 0.4) is 0 Å². The molecule has 0 aromatic heterocycles. The van der Waals surface area contributed by atoms with Gasteiger partial charge in [0.05, 0.1) is 17.9 Å². The zero-order valence-electron chi connectivity index (χ0n) is 19.8. The second-order valence-electron chi connectivity index (χ2n) is 9.51. The second-order valence-corrected chi connectivity index (χ2v) is 9.51. The Bertz CT molecular complexity index is 896. The van der Waals surface area contributed by atoms with Crippen molar-refractivity contribution in [3.63, 3.8) is 0 Å². The zero-order valence-corrected chi connectivity index (χ0v) is 19.8. The first kappa shape index (κ1) is 28.7. The Labute approximate surface area is 203 Å². The van der Waals surface area contributed by atoms with Crippen molar-refractivity contribution in [1.29, 1.82) is 0 Å².